The number of nitriles is 1. The van der Waals surface area contributed by atoms with Gasteiger partial charge in [-0.2, -0.15) is 5.26 Å². The number of rotatable bonds is 5. The first-order valence-corrected chi connectivity index (χ1v) is 7.00. The third-order valence-corrected chi connectivity index (χ3v) is 3.68. The van der Waals surface area contributed by atoms with E-state index in [9.17, 15) is 14.7 Å². The third-order valence-electron chi connectivity index (χ3n) is 3.68. The van der Waals surface area contributed by atoms with E-state index < -0.39 is 11.5 Å². The van der Waals surface area contributed by atoms with Gasteiger partial charge in [-0.3, -0.25) is 0 Å². The lowest BCUT2D eigenvalue weighted by Gasteiger charge is -2.36. The van der Waals surface area contributed by atoms with Crippen LogP contribution in [-0.2, 0) is 4.79 Å². The van der Waals surface area contributed by atoms with Crippen LogP contribution in [0.25, 0.3) is 0 Å². The number of carbonyl (C=O) groups excluding carboxylic acids is 1. The lowest BCUT2D eigenvalue weighted by Crippen LogP contribution is -2.55. The normalized spacial score (nSPS) is 21.9. The average Bonchev–Trinajstić information content (AvgIpc) is 2.76. The van der Waals surface area contributed by atoms with E-state index in [2.05, 4.69) is 0 Å². The molecule has 1 saturated heterocycles. The first-order chi connectivity index (χ1) is 9.32. The number of carboxylic acids is 1. The minimum atomic E-state index is -1.13. The average molecular weight is 281 g/mol. The Bertz CT molecular complexity index is 416. The molecule has 0 aromatic carbocycles. The summed E-state index contributed by atoms with van der Waals surface area (Å²) < 4.78 is 0. The van der Waals surface area contributed by atoms with E-state index in [1.165, 1.54) is 4.90 Å². The van der Waals surface area contributed by atoms with Crippen molar-refractivity contribution >= 4 is 12.0 Å². The Hall–Kier alpha value is -1.77. The number of carbonyl (C=O) groups is 2. The van der Waals surface area contributed by atoms with Crippen LogP contribution in [0.1, 0.15) is 40.0 Å². The molecule has 1 unspecified atom stereocenters. The SMILES string of the molecule is CC(C)CN(CCC#N)C(=O)N1CCCC1(C)C(=O)O. The maximum atomic E-state index is 12.6. The lowest BCUT2D eigenvalue weighted by molar-refractivity contribution is -0.147. The Morgan fingerprint density at radius 3 is 2.65 bits per heavy atom. The van der Waals surface area contributed by atoms with Crippen LogP contribution in [0.15, 0.2) is 0 Å². The van der Waals surface area contributed by atoms with Gasteiger partial charge in [0.2, 0.25) is 0 Å². The summed E-state index contributed by atoms with van der Waals surface area (Å²) in [5, 5.41) is 18.1. The summed E-state index contributed by atoms with van der Waals surface area (Å²) in [7, 11) is 0. The Balaban J connectivity index is 2.88. The van der Waals surface area contributed by atoms with Gasteiger partial charge in [0.25, 0.3) is 0 Å². The summed E-state index contributed by atoms with van der Waals surface area (Å²) in [6.07, 6.45) is 1.43. The van der Waals surface area contributed by atoms with Crippen LogP contribution < -0.4 is 0 Å². The predicted molar refractivity (Wildman–Crippen MR) is 74.0 cm³/mol. The molecule has 0 saturated carbocycles. The highest BCUT2D eigenvalue weighted by Crippen LogP contribution is 2.30. The van der Waals surface area contributed by atoms with E-state index in [4.69, 9.17) is 5.26 Å². The fourth-order valence-corrected chi connectivity index (χ4v) is 2.55. The maximum absolute atomic E-state index is 12.6. The molecule has 0 spiro atoms. The van der Waals surface area contributed by atoms with Gasteiger partial charge in [-0.25, -0.2) is 9.59 Å². The van der Waals surface area contributed by atoms with E-state index in [1.54, 1.807) is 11.8 Å². The summed E-state index contributed by atoms with van der Waals surface area (Å²) in [4.78, 5) is 27.1. The topological polar surface area (TPSA) is 84.6 Å². The van der Waals surface area contributed by atoms with Gasteiger partial charge < -0.3 is 14.9 Å². The molecule has 0 aliphatic carbocycles. The summed E-state index contributed by atoms with van der Waals surface area (Å²) in [5.41, 5.74) is -1.13. The predicted octanol–water partition coefficient (Wildman–Crippen LogP) is 1.92. The van der Waals surface area contributed by atoms with Gasteiger partial charge >= 0.3 is 12.0 Å². The number of carboxylic acid groups (broad SMARTS) is 1. The van der Waals surface area contributed by atoms with Gasteiger partial charge in [-0.05, 0) is 25.7 Å². The number of likely N-dealkylation sites (tertiary alicyclic amines) is 1. The molecular weight excluding hydrogens is 258 g/mol. The van der Waals surface area contributed by atoms with Crippen LogP contribution in [0, 0.1) is 17.2 Å². The van der Waals surface area contributed by atoms with Crippen molar-refractivity contribution in [1.29, 1.82) is 5.26 Å². The van der Waals surface area contributed by atoms with E-state index in [0.29, 0.717) is 32.5 Å². The van der Waals surface area contributed by atoms with Gasteiger partial charge in [-0.1, -0.05) is 13.8 Å². The Morgan fingerprint density at radius 2 is 2.15 bits per heavy atom. The molecule has 112 valence electrons. The van der Waals surface area contributed by atoms with Crippen LogP contribution in [0.3, 0.4) is 0 Å². The molecule has 1 aliphatic heterocycles. The van der Waals surface area contributed by atoms with Crippen LogP contribution in [0.4, 0.5) is 4.79 Å². The summed E-state index contributed by atoms with van der Waals surface area (Å²) in [6, 6.07) is 1.76. The number of aliphatic carboxylic acids is 1. The van der Waals surface area contributed by atoms with Crippen molar-refractivity contribution in [3.63, 3.8) is 0 Å². The second-order valence-corrected chi connectivity index (χ2v) is 5.86. The molecule has 6 nitrogen and oxygen atoms in total. The van der Waals surface area contributed by atoms with Crippen molar-refractivity contribution in [3.05, 3.63) is 0 Å². The smallest absolute Gasteiger partial charge is 0.329 e. The van der Waals surface area contributed by atoms with Crippen LogP contribution in [0.2, 0.25) is 0 Å². The number of amides is 2. The third kappa shape index (κ3) is 3.41. The fourth-order valence-electron chi connectivity index (χ4n) is 2.55. The molecule has 0 aromatic rings. The van der Waals surface area contributed by atoms with Crippen molar-refractivity contribution in [2.45, 2.75) is 45.6 Å². The molecule has 1 aliphatic rings. The van der Waals surface area contributed by atoms with Crippen LogP contribution in [-0.4, -0.2) is 52.1 Å². The molecule has 1 atom stereocenters. The molecule has 1 fully saturated rings. The Morgan fingerprint density at radius 1 is 1.50 bits per heavy atom. The van der Waals surface area contributed by atoms with Gasteiger partial charge in [0, 0.05) is 19.6 Å². The minimum absolute atomic E-state index is 0.260. The second kappa shape index (κ2) is 6.60. The molecule has 1 heterocycles. The second-order valence-electron chi connectivity index (χ2n) is 5.86. The number of urea groups is 1. The first kappa shape index (κ1) is 16.3. The van der Waals surface area contributed by atoms with Crippen molar-refractivity contribution < 1.29 is 14.7 Å². The zero-order valence-corrected chi connectivity index (χ0v) is 12.4. The van der Waals surface area contributed by atoms with Crippen LogP contribution >= 0.6 is 0 Å². The largest absolute Gasteiger partial charge is 0.480 e. The number of hydrogen-bond donors (Lipinski definition) is 1. The van der Waals surface area contributed by atoms with Crippen molar-refractivity contribution in [2.75, 3.05) is 19.6 Å². The molecule has 1 rings (SSSR count). The standard InChI is InChI=1S/C14H23N3O3/c1-11(2)10-16(8-5-7-15)13(20)17-9-4-6-14(17,3)12(18)19/h11H,4-6,8-10H2,1-3H3,(H,18,19). The highest BCUT2D eigenvalue weighted by molar-refractivity contribution is 5.86. The lowest BCUT2D eigenvalue weighted by atomic mass is 9.99. The molecule has 20 heavy (non-hydrogen) atoms. The molecule has 0 aromatic heterocycles. The van der Waals surface area contributed by atoms with Gasteiger partial charge in [0.05, 0.1) is 12.5 Å². The Labute approximate surface area is 120 Å². The zero-order chi connectivity index (χ0) is 15.3. The highest BCUT2D eigenvalue weighted by atomic mass is 16.4. The number of nitrogens with zero attached hydrogens (tertiary/aromatic N) is 3. The monoisotopic (exact) mass is 281 g/mol. The molecule has 6 heteroatoms. The zero-order valence-electron chi connectivity index (χ0n) is 12.4. The highest BCUT2D eigenvalue weighted by Gasteiger charge is 2.47. The summed E-state index contributed by atoms with van der Waals surface area (Å²) in [6.45, 7) is 6.92. The van der Waals surface area contributed by atoms with E-state index in [0.717, 1.165) is 0 Å². The Kier molecular flexibility index (Phi) is 5.37. The van der Waals surface area contributed by atoms with E-state index in [1.807, 2.05) is 19.9 Å². The van der Waals surface area contributed by atoms with Gasteiger partial charge in [0.1, 0.15) is 5.54 Å². The first-order valence-electron chi connectivity index (χ1n) is 7.00. The molecule has 0 bridgehead atoms. The summed E-state index contributed by atoms with van der Waals surface area (Å²) >= 11 is 0. The van der Waals surface area contributed by atoms with E-state index >= 15 is 0 Å². The van der Waals surface area contributed by atoms with Crippen molar-refractivity contribution in [2.24, 2.45) is 5.92 Å². The van der Waals surface area contributed by atoms with Crippen molar-refractivity contribution in [1.82, 2.24) is 9.80 Å². The quantitative estimate of drug-likeness (QED) is 0.834. The fraction of sp³-hybridized carbons (Fsp3) is 0.786. The molecule has 0 radical (unpaired) electrons. The van der Waals surface area contributed by atoms with E-state index in [-0.39, 0.29) is 18.4 Å². The van der Waals surface area contributed by atoms with Gasteiger partial charge in [0.15, 0.2) is 0 Å². The van der Waals surface area contributed by atoms with Gasteiger partial charge in [-0.15, -0.1) is 0 Å². The molecule has 1 N–H and O–H groups in total. The maximum Gasteiger partial charge on any atom is 0.329 e. The summed E-state index contributed by atoms with van der Waals surface area (Å²) in [5.74, 6) is -0.690. The molecule has 2 amide bonds. The minimum Gasteiger partial charge on any atom is -0.480 e. The number of hydrogen-bond acceptors (Lipinski definition) is 3. The molecular formula is C14H23N3O3. The van der Waals surface area contributed by atoms with Crippen molar-refractivity contribution in [3.8, 4) is 6.07 Å². The van der Waals surface area contributed by atoms with Crippen LogP contribution in [0.5, 0.6) is 0 Å².